The lowest BCUT2D eigenvalue weighted by atomic mass is 9.85. The van der Waals surface area contributed by atoms with Gasteiger partial charge < -0.3 is 31.1 Å². The zero-order valence-electron chi connectivity index (χ0n) is 28.6. The first-order chi connectivity index (χ1) is 24.9. The van der Waals surface area contributed by atoms with Gasteiger partial charge in [0.15, 0.2) is 0 Å². The van der Waals surface area contributed by atoms with Crippen LogP contribution in [0.1, 0.15) is 44.1 Å². The molecule has 1 saturated carbocycles. The molecule has 5 N–H and O–H groups in total. The number of para-hydroxylation sites is 1. The molecule has 53 heavy (non-hydrogen) atoms. The fourth-order valence-corrected chi connectivity index (χ4v) is 6.78. The van der Waals surface area contributed by atoms with E-state index in [0.29, 0.717) is 6.67 Å². The van der Waals surface area contributed by atoms with Gasteiger partial charge in [-0.3, -0.25) is 14.5 Å². The lowest BCUT2D eigenvalue weighted by Crippen LogP contribution is -2.56. The number of rotatable bonds is 6. The van der Waals surface area contributed by atoms with Crippen LogP contribution in [0, 0.1) is 0 Å². The summed E-state index contributed by atoms with van der Waals surface area (Å²) in [7, 11) is 0. The Morgan fingerprint density at radius 3 is 1.89 bits per heavy atom. The maximum Gasteiger partial charge on any atom is 0.490 e. The summed E-state index contributed by atoms with van der Waals surface area (Å²) in [6, 6.07) is 25.6. The van der Waals surface area contributed by atoms with Crippen LogP contribution in [-0.4, -0.2) is 100 Å². The van der Waals surface area contributed by atoms with Crippen LogP contribution in [0.4, 0.5) is 32.0 Å². The lowest BCUT2D eigenvalue weighted by molar-refractivity contribution is -0.193. The van der Waals surface area contributed by atoms with E-state index in [1.165, 1.54) is 16.3 Å². The average Bonchev–Trinajstić information content (AvgIpc) is 3.36. The molecule has 17 heteroatoms. The van der Waals surface area contributed by atoms with E-state index in [4.69, 9.17) is 25.5 Å². The number of carbonyl (C=O) groups excluding carboxylic acids is 2. The van der Waals surface area contributed by atoms with Crippen molar-refractivity contribution in [1.82, 2.24) is 15.1 Å². The highest BCUT2D eigenvalue weighted by Gasteiger charge is 2.54. The van der Waals surface area contributed by atoms with Crippen LogP contribution >= 0.6 is 0 Å². The number of nitrogens with two attached hydrogens (primary N) is 1. The van der Waals surface area contributed by atoms with Gasteiger partial charge in [0.1, 0.15) is 12.1 Å². The fraction of sp³-hybridized carbons (Fsp3) is 0.444. The second-order valence-corrected chi connectivity index (χ2v) is 13.1. The molecule has 1 aliphatic carbocycles. The number of carboxylic acids is 2. The Bertz CT molecular complexity index is 1700. The number of hydrogen-bond acceptors (Lipinski definition) is 7. The van der Waals surface area contributed by atoms with Crippen molar-refractivity contribution in [2.24, 2.45) is 5.73 Å². The van der Waals surface area contributed by atoms with Crippen LogP contribution in [0.2, 0.25) is 0 Å². The van der Waals surface area contributed by atoms with Gasteiger partial charge in [0.2, 0.25) is 11.8 Å². The monoisotopic (exact) mass is 753 g/mol. The summed E-state index contributed by atoms with van der Waals surface area (Å²) in [5, 5.41) is 20.0. The molecule has 3 aliphatic rings. The zero-order chi connectivity index (χ0) is 39.0. The van der Waals surface area contributed by atoms with E-state index >= 15 is 0 Å². The second kappa shape index (κ2) is 17.3. The molecule has 2 saturated heterocycles. The minimum Gasteiger partial charge on any atom is -0.475 e. The number of aliphatic carboxylic acids is 2. The first kappa shape index (κ1) is 40.9. The van der Waals surface area contributed by atoms with E-state index in [0.717, 1.165) is 63.8 Å². The quantitative estimate of drug-likeness (QED) is 0.251. The summed E-state index contributed by atoms with van der Waals surface area (Å²) in [4.78, 5) is 51.3. The van der Waals surface area contributed by atoms with Crippen LogP contribution in [0.15, 0.2) is 72.8 Å². The topological polar surface area (TPSA) is 157 Å². The minimum absolute atomic E-state index is 0.0673. The highest BCUT2D eigenvalue weighted by atomic mass is 19.4. The number of anilines is 1. The summed E-state index contributed by atoms with van der Waals surface area (Å²) < 4.78 is 63.5. The van der Waals surface area contributed by atoms with Gasteiger partial charge in [0, 0.05) is 37.4 Å². The van der Waals surface area contributed by atoms with E-state index in [1.807, 2.05) is 18.2 Å². The van der Waals surface area contributed by atoms with E-state index < -0.39 is 29.8 Å². The van der Waals surface area contributed by atoms with Crippen molar-refractivity contribution < 1.29 is 55.7 Å². The molecule has 3 aromatic carbocycles. The number of carbonyl (C=O) groups is 4. The number of nitrogens with zero attached hydrogens (tertiary/aromatic N) is 3. The average molecular weight is 754 g/mol. The number of hydrogen-bond donors (Lipinski definition) is 4. The molecule has 6 rings (SSSR count). The first-order valence-corrected chi connectivity index (χ1v) is 16.9. The third kappa shape index (κ3) is 10.8. The Morgan fingerprint density at radius 1 is 0.792 bits per heavy atom. The molecule has 3 fully saturated rings. The van der Waals surface area contributed by atoms with Gasteiger partial charge >= 0.3 is 24.3 Å². The Kier molecular flexibility index (Phi) is 13.3. The van der Waals surface area contributed by atoms with E-state index in [9.17, 15) is 35.9 Å². The minimum atomic E-state index is -5.08. The molecule has 2 amide bonds. The lowest BCUT2D eigenvalue weighted by Gasteiger charge is -2.43. The molecule has 288 valence electrons. The number of halogens is 6. The predicted octanol–water partition coefficient (Wildman–Crippen LogP) is 5.13. The number of amides is 2. The molecule has 0 unspecified atom stereocenters. The molecule has 1 spiro atoms. The van der Waals surface area contributed by atoms with Crippen molar-refractivity contribution in [2.45, 2.75) is 75.0 Å². The molecule has 0 radical (unpaired) electrons. The highest BCUT2D eigenvalue weighted by Crippen LogP contribution is 2.40. The van der Waals surface area contributed by atoms with Crippen LogP contribution in [-0.2, 0) is 25.7 Å². The smallest absolute Gasteiger partial charge is 0.475 e. The van der Waals surface area contributed by atoms with Gasteiger partial charge in [-0.25, -0.2) is 9.59 Å². The van der Waals surface area contributed by atoms with Crippen molar-refractivity contribution in [3.05, 3.63) is 78.4 Å². The van der Waals surface area contributed by atoms with Gasteiger partial charge in [-0.1, -0.05) is 60.7 Å². The molecule has 0 atom stereocenters. The van der Waals surface area contributed by atoms with Gasteiger partial charge in [-0.15, -0.1) is 0 Å². The summed E-state index contributed by atoms with van der Waals surface area (Å²) in [6.45, 7) is 3.08. The van der Waals surface area contributed by atoms with Crippen molar-refractivity contribution in [3.8, 4) is 0 Å². The van der Waals surface area contributed by atoms with Crippen molar-refractivity contribution in [1.29, 1.82) is 0 Å². The molecule has 11 nitrogen and oxygen atoms in total. The number of alkyl halides is 6. The highest BCUT2D eigenvalue weighted by molar-refractivity contribution is 5.96. The summed E-state index contributed by atoms with van der Waals surface area (Å²) >= 11 is 0. The number of piperidine rings is 1. The van der Waals surface area contributed by atoms with E-state index in [1.54, 1.807) is 4.90 Å². The number of carboxylic acid groups (broad SMARTS) is 2. The van der Waals surface area contributed by atoms with Crippen LogP contribution < -0.4 is 16.0 Å². The predicted molar refractivity (Wildman–Crippen MR) is 182 cm³/mol. The van der Waals surface area contributed by atoms with Crippen LogP contribution in [0.5, 0.6) is 0 Å². The summed E-state index contributed by atoms with van der Waals surface area (Å²) in [5.41, 5.74) is 7.78. The third-order valence-electron chi connectivity index (χ3n) is 9.50. The molecule has 2 heterocycles. The van der Waals surface area contributed by atoms with E-state index in [2.05, 4.69) is 69.7 Å². The first-order valence-electron chi connectivity index (χ1n) is 16.9. The maximum absolute atomic E-state index is 14.0. The van der Waals surface area contributed by atoms with Crippen molar-refractivity contribution in [3.63, 3.8) is 0 Å². The Morgan fingerprint density at radius 2 is 1.32 bits per heavy atom. The Balaban J connectivity index is 0.000000381. The zero-order valence-corrected chi connectivity index (χ0v) is 28.6. The van der Waals surface area contributed by atoms with Crippen LogP contribution in [0.25, 0.3) is 10.8 Å². The Labute approximate surface area is 301 Å². The van der Waals surface area contributed by atoms with E-state index in [-0.39, 0.29) is 30.4 Å². The molecule has 2 aliphatic heterocycles. The molecular formula is C36H41F6N5O6. The molecular weight excluding hydrogens is 712 g/mol. The van der Waals surface area contributed by atoms with Gasteiger partial charge in [0.25, 0.3) is 0 Å². The maximum atomic E-state index is 14.0. The van der Waals surface area contributed by atoms with Crippen molar-refractivity contribution >= 4 is 40.2 Å². The van der Waals surface area contributed by atoms with Gasteiger partial charge in [-0.2, -0.15) is 26.3 Å². The van der Waals surface area contributed by atoms with Gasteiger partial charge in [0.05, 0.1) is 6.67 Å². The van der Waals surface area contributed by atoms with Crippen LogP contribution in [0.3, 0.4) is 0 Å². The SMILES string of the molecule is NC1CCC(NC(=O)CN2CN(c3ccccc3)C3(CCN(Cc4cccc5ccccc45)CC3)C2=O)CC1.O=C(O)C(F)(F)F.O=C(O)C(F)(F)F. The number of fused-ring (bicyclic) bond motifs is 1. The number of nitrogens with one attached hydrogen (secondary N) is 1. The standard InChI is InChI=1S/C32H39N5O2.2C2HF3O2/c33-26-13-15-27(16-14-26)34-30(38)22-36-23-37(28-10-2-1-3-11-28)32(31(36)39)17-19-35(20-18-32)21-25-9-6-8-24-7-4-5-12-29(24)25;2*3-2(4,5)1(6)7/h1-12,26-27H,13-23,33H2,(H,34,38);2*(H,6,7). The number of likely N-dealkylation sites (tertiary alicyclic amines) is 1. The summed E-state index contributed by atoms with van der Waals surface area (Å²) in [6.07, 6.45) is -4.99. The summed E-state index contributed by atoms with van der Waals surface area (Å²) in [5.74, 6) is -5.50. The Hall–Kier alpha value is -4.90. The fourth-order valence-electron chi connectivity index (χ4n) is 6.78. The van der Waals surface area contributed by atoms with Gasteiger partial charge in [-0.05, 0) is 67.0 Å². The third-order valence-corrected chi connectivity index (χ3v) is 9.50. The molecule has 0 aromatic heterocycles. The number of benzene rings is 3. The normalized spacial score (nSPS) is 20.2. The van der Waals surface area contributed by atoms with Crippen molar-refractivity contribution in [2.75, 3.05) is 31.2 Å². The molecule has 0 bridgehead atoms. The second-order valence-electron chi connectivity index (χ2n) is 13.1. The molecule has 3 aromatic rings. The largest absolute Gasteiger partial charge is 0.490 e.